The number of fused-ring (bicyclic) bond motifs is 1. The van der Waals surface area contributed by atoms with E-state index in [1.165, 1.54) is 12.1 Å². The lowest BCUT2D eigenvalue weighted by atomic mass is 10.1. The van der Waals surface area contributed by atoms with Crippen molar-refractivity contribution >= 4 is 16.9 Å². The van der Waals surface area contributed by atoms with E-state index in [-0.39, 0.29) is 30.6 Å². The molecule has 4 rings (SSSR count). The van der Waals surface area contributed by atoms with Gasteiger partial charge in [-0.2, -0.15) is 18.2 Å². The predicted octanol–water partition coefficient (Wildman–Crippen LogP) is 4.62. The summed E-state index contributed by atoms with van der Waals surface area (Å²) in [6.45, 7) is 2.24. The summed E-state index contributed by atoms with van der Waals surface area (Å²) in [5.41, 5.74) is 1.76. The number of aryl methyl sites for hydroxylation is 1. The van der Waals surface area contributed by atoms with Gasteiger partial charge in [0.2, 0.25) is 5.82 Å². The molecule has 0 unspecified atom stereocenters. The molecule has 0 saturated carbocycles. The van der Waals surface area contributed by atoms with Gasteiger partial charge in [-0.25, -0.2) is 0 Å². The minimum Gasteiger partial charge on any atom is -0.492 e. The first-order valence-electron chi connectivity index (χ1n) is 9.23. The van der Waals surface area contributed by atoms with Crippen LogP contribution in [0.4, 0.5) is 13.2 Å². The average molecular weight is 431 g/mol. The van der Waals surface area contributed by atoms with Crippen molar-refractivity contribution in [2.75, 3.05) is 13.2 Å². The van der Waals surface area contributed by atoms with Gasteiger partial charge in [0.05, 0.1) is 6.54 Å². The number of carbonyl (C=O) groups excluding carboxylic acids is 1. The third-order valence-corrected chi connectivity index (χ3v) is 4.49. The van der Waals surface area contributed by atoms with E-state index in [9.17, 15) is 18.0 Å². The van der Waals surface area contributed by atoms with Crippen molar-refractivity contribution in [2.24, 2.45) is 0 Å². The van der Waals surface area contributed by atoms with Crippen LogP contribution >= 0.6 is 0 Å². The van der Waals surface area contributed by atoms with Crippen molar-refractivity contribution in [2.45, 2.75) is 13.1 Å². The van der Waals surface area contributed by atoms with Crippen LogP contribution in [-0.4, -0.2) is 29.2 Å². The summed E-state index contributed by atoms with van der Waals surface area (Å²) < 4.78 is 53.0. The van der Waals surface area contributed by atoms with Gasteiger partial charge in [0, 0.05) is 16.5 Å². The number of alkyl halides is 3. The number of furan rings is 1. The standard InChI is InChI=1S/C21H16F3N3O4/c1-12-15-4-2-3-5-16(15)30-17(12)19(28)25-10-11-29-14-8-6-13(7-9-14)18-26-20(31-27-18)21(22,23)24/h2-9H,10-11H2,1H3,(H,25,28). The zero-order chi connectivity index (χ0) is 22.0. The van der Waals surface area contributed by atoms with Gasteiger partial charge in [-0.15, -0.1) is 0 Å². The molecule has 0 bridgehead atoms. The molecule has 2 aromatic carbocycles. The lowest BCUT2D eigenvalue weighted by Crippen LogP contribution is -2.28. The molecule has 10 heteroatoms. The molecule has 4 aromatic rings. The van der Waals surface area contributed by atoms with Gasteiger partial charge in [0.25, 0.3) is 5.91 Å². The van der Waals surface area contributed by atoms with Crippen LogP contribution in [0.1, 0.15) is 22.0 Å². The van der Waals surface area contributed by atoms with Gasteiger partial charge in [0.1, 0.15) is 17.9 Å². The van der Waals surface area contributed by atoms with Gasteiger partial charge in [-0.1, -0.05) is 23.4 Å². The number of nitrogens with zero attached hydrogens (tertiary/aromatic N) is 2. The van der Waals surface area contributed by atoms with Crippen LogP contribution in [0.5, 0.6) is 5.75 Å². The Kier molecular flexibility index (Phi) is 5.37. The van der Waals surface area contributed by atoms with Crippen molar-refractivity contribution in [1.82, 2.24) is 15.5 Å². The number of hydrogen-bond acceptors (Lipinski definition) is 6. The second-order valence-corrected chi connectivity index (χ2v) is 6.60. The van der Waals surface area contributed by atoms with Crippen molar-refractivity contribution in [3.05, 3.63) is 65.7 Å². The number of rotatable bonds is 6. The first-order chi connectivity index (χ1) is 14.8. The molecule has 2 heterocycles. The Labute approximate surface area is 173 Å². The molecule has 0 radical (unpaired) electrons. The van der Waals surface area contributed by atoms with E-state index in [4.69, 9.17) is 9.15 Å². The van der Waals surface area contributed by atoms with E-state index in [1.54, 1.807) is 18.2 Å². The summed E-state index contributed by atoms with van der Waals surface area (Å²) in [6, 6.07) is 13.5. The molecule has 0 atom stereocenters. The van der Waals surface area contributed by atoms with E-state index < -0.39 is 12.1 Å². The Morgan fingerprint density at radius 2 is 1.87 bits per heavy atom. The van der Waals surface area contributed by atoms with E-state index in [0.29, 0.717) is 16.9 Å². The Morgan fingerprint density at radius 1 is 1.13 bits per heavy atom. The maximum atomic E-state index is 12.5. The highest BCUT2D eigenvalue weighted by molar-refractivity contribution is 5.98. The lowest BCUT2D eigenvalue weighted by molar-refractivity contribution is -0.159. The molecule has 31 heavy (non-hydrogen) atoms. The number of amides is 1. The van der Waals surface area contributed by atoms with Gasteiger partial charge in [0.15, 0.2) is 5.76 Å². The molecule has 160 valence electrons. The van der Waals surface area contributed by atoms with Crippen molar-refractivity contribution in [3.63, 3.8) is 0 Å². The van der Waals surface area contributed by atoms with Gasteiger partial charge in [-0.3, -0.25) is 4.79 Å². The summed E-state index contributed by atoms with van der Waals surface area (Å²) in [4.78, 5) is 15.7. The molecule has 2 aromatic heterocycles. The predicted molar refractivity (Wildman–Crippen MR) is 104 cm³/mol. The molecule has 0 spiro atoms. The van der Waals surface area contributed by atoms with Gasteiger partial charge < -0.3 is 19.0 Å². The SMILES string of the molecule is Cc1c(C(=O)NCCOc2ccc(-c3noc(C(F)(F)F)n3)cc2)oc2ccccc12. The Bertz CT molecular complexity index is 1210. The average Bonchev–Trinajstić information content (AvgIpc) is 3.37. The normalized spacial score (nSPS) is 11.6. The quantitative estimate of drug-likeness (QED) is 0.448. The molecular formula is C21H16F3N3O4. The van der Waals surface area contributed by atoms with Crippen LogP contribution in [0.15, 0.2) is 57.5 Å². The molecular weight excluding hydrogens is 415 g/mol. The number of nitrogens with one attached hydrogen (secondary N) is 1. The monoisotopic (exact) mass is 431 g/mol. The number of benzene rings is 2. The number of ether oxygens (including phenoxy) is 1. The highest BCUT2D eigenvalue weighted by atomic mass is 19.4. The van der Waals surface area contributed by atoms with Gasteiger partial charge >= 0.3 is 12.1 Å². The fraction of sp³-hybridized carbons (Fsp3) is 0.190. The number of carbonyl (C=O) groups is 1. The fourth-order valence-electron chi connectivity index (χ4n) is 2.96. The van der Waals surface area contributed by atoms with Crippen LogP contribution in [0.25, 0.3) is 22.4 Å². The van der Waals surface area contributed by atoms with Crippen LogP contribution in [0, 0.1) is 6.92 Å². The largest absolute Gasteiger partial charge is 0.492 e. The van der Waals surface area contributed by atoms with Crippen molar-refractivity contribution in [3.8, 4) is 17.1 Å². The third-order valence-electron chi connectivity index (χ3n) is 4.49. The first kappa shape index (κ1) is 20.5. The molecule has 1 amide bonds. The topological polar surface area (TPSA) is 90.4 Å². The Hall–Kier alpha value is -3.82. The van der Waals surface area contributed by atoms with Crippen LogP contribution in [-0.2, 0) is 6.18 Å². The highest BCUT2D eigenvalue weighted by Crippen LogP contribution is 2.29. The molecule has 0 aliphatic carbocycles. The maximum Gasteiger partial charge on any atom is 0.471 e. The third kappa shape index (κ3) is 4.37. The zero-order valence-corrected chi connectivity index (χ0v) is 16.2. The van der Waals surface area contributed by atoms with E-state index in [1.807, 2.05) is 25.1 Å². The molecule has 0 fully saturated rings. The maximum absolute atomic E-state index is 12.5. The van der Waals surface area contributed by atoms with Crippen LogP contribution in [0.2, 0.25) is 0 Å². The van der Waals surface area contributed by atoms with Crippen molar-refractivity contribution in [1.29, 1.82) is 0 Å². The van der Waals surface area contributed by atoms with E-state index in [0.717, 1.165) is 10.9 Å². The number of para-hydroxylation sites is 1. The Balaban J connectivity index is 1.30. The van der Waals surface area contributed by atoms with Gasteiger partial charge in [-0.05, 0) is 37.3 Å². The second kappa shape index (κ2) is 8.13. The highest BCUT2D eigenvalue weighted by Gasteiger charge is 2.38. The molecule has 7 nitrogen and oxygen atoms in total. The summed E-state index contributed by atoms with van der Waals surface area (Å²) in [7, 11) is 0. The van der Waals surface area contributed by atoms with Crippen LogP contribution < -0.4 is 10.1 Å². The number of hydrogen-bond donors (Lipinski definition) is 1. The van der Waals surface area contributed by atoms with Crippen LogP contribution in [0.3, 0.4) is 0 Å². The summed E-state index contributed by atoms with van der Waals surface area (Å²) in [5, 5.41) is 6.94. The smallest absolute Gasteiger partial charge is 0.471 e. The molecule has 0 aliphatic rings. The molecule has 0 saturated heterocycles. The van der Waals surface area contributed by atoms with E-state index >= 15 is 0 Å². The first-order valence-corrected chi connectivity index (χ1v) is 9.23. The summed E-state index contributed by atoms with van der Waals surface area (Å²) in [5.74, 6) is -1.20. The Morgan fingerprint density at radius 3 is 2.55 bits per heavy atom. The zero-order valence-electron chi connectivity index (χ0n) is 16.2. The minimum atomic E-state index is -4.69. The lowest BCUT2D eigenvalue weighted by Gasteiger charge is -2.07. The second-order valence-electron chi connectivity index (χ2n) is 6.60. The minimum absolute atomic E-state index is 0.174. The summed E-state index contributed by atoms with van der Waals surface area (Å²) >= 11 is 0. The number of aromatic nitrogens is 2. The molecule has 0 aliphatic heterocycles. The summed E-state index contributed by atoms with van der Waals surface area (Å²) in [6.07, 6.45) is -4.69. The molecule has 1 N–H and O–H groups in total. The van der Waals surface area contributed by atoms with E-state index in [2.05, 4.69) is 20.0 Å². The fourth-order valence-corrected chi connectivity index (χ4v) is 2.96. The number of halogens is 3. The van der Waals surface area contributed by atoms with Crippen molar-refractivity contribution < 1.29 is 31.6 Å².